The van der Waals surface area contributed by atoms with Gasteiger partial charge in [-0.1, -0.05) is 44.7 Å². The lowest BCUT2D eigenvalue weighted by atomic mass is 9.89. The zero-order valence-corrected chi connectivity index (χ0v) is 20.2. The average Bonchev–Trinajstić information content (AvgIpc) is 3.19. The fraction of sp³-hybridized carbons (Fsp3) is 0.667. The van der Waals surface area contributed by atoms with Crippen molar-refractivity contribution in [2.45, 2.75) is 84.1 Å². The van der Waals surface area contributed by atoms with Gasteiger partial charge in [0, 0.05) is 32.0 Å². The van der Waals surface area contributed by atoms with Crippen molar-refractivity contribution in [3.05, 3.63) is 30.1 Å². The highest BCUT2D eigenvalue weighted by molar-refractivity contribution is 5.81. The Kier molecular flexibility index (Phi) is 8.40. The van der Waals surface area contributed by atoms with Crippen molar-refractivity contribution in [2.24, 2.45) is 11.8 Å². The number of amides is 2. The van der Waals surface area contributed by atoms with E-state index in [4.69, 9.17) is 4.98 Å². The first-order valence-electron chi connectivity index (χ1n) is 13.1. The zero-order chi connectivity index (χ0) is 23.0. The maximum Gasteiger partial charge on any atom is 0.242 e. The molecule has 1 saturated carbocycles. The maximum atomic E-state index is 13.0. The summed E-state index contributed by atoms with van der Waals surface area (Å²) in [7, 11) is 0. The summed E-state index contributed by atoms with van der Waals surface area (Å²) in [5, 5.41) is 3.14. The van der Waals surface area contributed by atoms with E-state index in [9.17, 15) is 9.59 Å². The predicted octanol–water partition coefficient (Wildman–Crippen LogP) is 4.70. The van der Waals surface area contributed by atoms with Crippen LogP contribution >= 0.6 is 0 Å². The summed E-state index contributed by atoms with van der Waals surface area (Å²) in [5.41, 5.74) is 2.01. The first-order chi connectivity index (χ1) is 16.1. The van der Waals surface area contributed by atoms with Gasteiger partial charge in [-0.15, -0.1) is 0 Å². The number of piperidine rings is 1. The van der Waals surface area contributed by atoms with E-state index in [2.05, 4.69) is 22.9 Å². The smallest absolute Gasteiger partial charge is 0.242 e. The number of hydrogen-bond acceptors (Lipinski definition) is 3. The van der Waals surface area contributed by atoms with Crippen molar-refractivity contribution in [1.82, 2.24) is 19.8 Å². The van der Waals surface area contributed by atoms with Crippen molar-refractivity contribution in [1.29, 1.82) is 0 Å². The molecule has 2 amide bonds. The highest BCUT2D eigenvalue weighted by atomic mass is 16.2. The van der Waals surface area contributed by atoms with E-state index in [0.717, 1.165) is 87.9 Å². The second-order valence-electron chi connectivity index (χ2n) is 10.1. The summed E-state index contributed by atoms with van der Waals surface area (Å²) in [6.45, 7) is 5.15. The minimum atomic E-state index is 0.205. The summed E-state index contributed by atoms with van der Waals surface area (Å²) in [6, 6.07) is 8.12. The van der Waals surface area contributed by atoms with E-state index in [1.807, 2.05) is 23.1 Å². The normalized spacial score (nSPS) is 18.0. The predicted molar refractivity (Wildman–Crippen MR) is 132 cm³/mol. The largest absolute Gasteiger partial charge is 0.356 e. The van der Waals surface area contributed by atoms with Gasteiger partial charge in [-0.2, -0.15) is 0 Å². The number of rotatable bonds is 9. The summed E-state index contributed by atoms with van der Waals surface area (Å²) >= 11 is 0. The lowest BCUT2D eigenvalue weighted by Gasteiger charge is -2.30. The molecule has 1 aromatic carbocycles. The van der Waals surface area contributed by atoms with E-state index in [1.54, 1.807) is 0 Å². The number of fused-ring (bicyclic) bond motifs is 1. The van der Waals surface area contributed by atoms with Gasteiger partial charge >= 0.3 is 0 Å². The first-order valence-corrected chi connectivity index (χ1v) is 13.1. The molecule has 6 heteroatoms. The number of carbonyl (C=O) groups is 2. The van der Waals surface area contributed by atoms with Crippen LogP contribution in [-0.4, -0.2) is 45.9 Å². The van der Waals surface area contributed by atoms with Gasteiger partial charge in [0.1, 0.15) is 12.4 Å². The molecule has 2 aliphatic rings. The van der Waals surface area contributed by atoms with Gasteiger partial charge in [-0.3, -0.25) is 9.59 Å². The van der Waals surface area contributed by atoms with Crippen LogP contribution in [0.1, 0.15) is 77.0 Å². The van der Waals surface area contributed by atoms with Crippen LogP contribution in [0, 0.1) is 11.8 Å². The first kappa shape index (κ1) is 23.8. The number of nitrogens with zero attached hydrogens (tertiary/aromatic N) is 3. The van der Waals surface area contributed by atoms with Crippen LogP contribution in [0.5, 0.6) is 0 Å². The maximum absolute atomic E-state index is 13.0. The highest BCUT2D eigenvalue weighted by Crippen LogP contribution is 2.24. The highest BCUT2D eigenvalue weighted by Gasteiger charge is 2.22. The molecule has 0 unspecified atom stereocenters. The molecule has 2 heterocycles. The van der Waals surface area contributed by atoms with E-state index in [1.165, 1.54) is 19.3 Å². The van der Waals surface area contributed by atoms with Crippen molar-refractivity contribution in [2.75, 3.05) is 19.6 Å². The number of aryl methyl sites for hydroxylation is 1. The van der Waals surface area contributed by atoms with Crippen LogP contribution in [0.3, 0.4) is 0 Å². The third-order valence-corrected chi connectivity index (χ3v) is 7.52. The van der Waals surface area contributed by atoms with Gasteiger partial charge in [0.15, 0.2) is 0 Å². The van der Waals surface area contributed by atoms with E-state index in [0.29, 0.717) is 12.5 Å². The number of benzene rings is 1. The molecule has 1 aliphatic carbocycles. The Hall–Kier alpha value is -2.37. The van der Waals surface area contributed by atoms with Gasteiger partial charge in [0.2, 0.25) is 11.8 Å². The number of aromatic nitrogens is 2. The second-order valence-corrected chi connectivity index (χ2v) is 10.1. The Bertz CT molecular complexity index is 923. The monoisotopic (exact) mass is 452 g/mol. The number of unbranched alkanes of at least 4 members (excludes halogenated alkanes) is 2. The summed E-state index contributed by atoms with van der Waals surface area (Å²) < 4.78 is 2.13. The molecule has 6 nitrogen and oxygen atoms in total. The molecular formula is C27H40N4O2. The molecule has 1 aliphatic heterocycles. The molecule has 33 heavy (non-hydrogen) atoms. The molecule has 2 fully saturated rings. The Morgan fingerprint density at radius 3 is 2.55 bits per heavy atom. The van der Waals surface area contributed by atoms with Gasteiger partial charge in [0.05, 0.1) is 11.0 Å². The van der Waals surface area contributed by atoms with Gasteiger partial charge in [0.25, 0.3) is 0 Å². The van der Waals surface area contributed by atoms with Crippen molar-refractivity contribution in [3.8, 4) is 0 Å². The standard InChI is InChI=1S/C27H40N4O2/c1-21-15-18-30(19-16-21)26(32)20-31-24-13-8-7-12-23(24)29-25(31)14-6-3-9-17-28-27(33)22-10-4-2-5-11-22/h7-8,12-13,21-22H,2-6,9-11,14-20H2,1H3,(H,28,33). The summed E-state index contributed by atoms with van der Waals surface area (Å²) in [4.78, 5) is 32.2. The molecule has 180 valence electrons. The Morgan fingerprint density at radius 1 is 1.00 bits per heavy atom. The van der Waals surface area contributed by atoms with E-state index >= 15 is 0 Å². The number of para-hydroxylation sites is 2. The third kappa shape index (κ3) is 6.36. The van der Waals surface area contributed by atoms with Crippen molar-refractivity contribution < 1.29 is 9.59 Å². The molecule has 4 rings (SSSR count). The van der Waals surface area contributed by atoms with E-state index in [-0.39, 0.29) is 17.7 Å². The third-order valence-electron chi connectivity index (χ3n) is 7.52. The van der Waals surface area contributed by atoms with Crippen molar-refractivity contribution in [3.63, 3.8) is 0 Å². The number of imidazole rings is 1. The lowest BCUT2D eigenvalue weighted by molar-refractivity contribution is -0.133. The Labute approximate surface area is 198 Å². The summed E-state index contributed by atoms with van der Waals surface area (Å²) in [6.07, 6.45) is 11.9. The SMILES string of the molecule is CC1CCN(C(=O)Cn2c(CCCCCNC(=O)C3CCCCC3)nc3ccccc32)CC1. The number of nitrogens with one attached hydrogen (secondary N) is 1. The molecule has 0 bridgehead atoms. The van der Waals surface area contributed by atoms with Crippen LogP contribution in [0.4, 0.5) is 0 Å². The van der Waals surface area contributed by atoms with Gasteiger partial charge in [-0.25, -0.2) is 4.98 Å². The fourth-order valence-corrected chi connectivity index (χ4v) is 5.29. The topological polar surface area (TPSA) is 67.2 Å². The average molecular weight is 453 g/mol. The number of likely N-dealkylation sites (tertiary alicyclic amines) is 1. The molecule has 1 saturated heterocycles. The molecule has 1 N–H and O–H groups in total. The molecule has 2 aromatic rings. The Morgan fingerprint density at radius 2 is 1.76 bits per heavy atom. The van der Waals surface area contributed by atoms with Gasteiger partial charge < -0.3 is 14.8 Å². The van der Waals surface area contributed by atoms with Crippen LogP contribution in [0.2, 0.25) is 0 Å². The van der Waals surface area contributed by atoms with Crippen LogP contribution < -0.4 is 5.32 Å². The molecule has 0 spiro atoms. The molecular weight excluding hydrogens is 412 g/mol. The Balaban J connectivity index is 1.27. The van der Waals surface area contributed by atoms with Crippen LogP contribution in [0.15, 0.2) is 24.3 Å². The van der Waals surface area contributed by atoms with Crippen LogP contribution in [0.25, 0.3) is 11.0 Å². The van der Waals surface area contributed by atoms with Gasteiger partial charge in [-0.05, 0) is 56.6 Å². The molecule has 1 aromatic heterocycles. The zero-order valence-electron chi connectivity index (χ0n) is 20.2. The second kappa shape index (κ2) is 11.7. The molecule has 0 atom stereocenters. The minimum absolute atomic E-state index is 0.205. The van der Waals surface area contributed by atoms with Crippen LogP contribution in [-0.2, 0) is 22.6 Å². The lowest BCUT2D eigenvalue weighted by Crippen LogP contribution is -2.39. The summed E-state index contributed by atoms with van der Waals surface area (Å²) in [5.74, 6) is 2.41. The fourth-order valence-electron chi connectivity index (χ4n) is 5.29. The molecule has 0 radical (unpaired) electrons. The quantitative estimate of drug-likeness (QED) is 0.561. The minimum Gasteiger partial charge on any atom is -0.356 e. The van der Waals surface area contributed by atoms with Crippen molar-refractivity contribution >= 4 is 22.8 Å². The number of carbonyl (C=O) groups excluding carboxylic acids is 2. The number of hydrogen-bond donors (Lipinski definition) is 1. The van der Waals surface area contributed by atoms with E-state index < -0.39 is 0 Å².